The van der Waals surface area contributed by atoms with Crippen molar-refractivity contribution in [1.29, 1.82) is 0 Å². The second-order valence-corrected chi connectivity index (χ2v) is 3.83. The van der Waals surface area contributed by atoms with Crippen LogP contribution in [0.3, 0.4) is 0 Å². The van der Waals surface area contributed by atoms with Gasteiger partial charge in [-0.05, 0) is 18.2 Å². The SMILES string of the molecule is O=C(NCc1cnc[nH]1)c1cc(O)ccc1Cl. The Labute approximate surface area is 102 Å². The van der Waals surface area contributed by atoms with Gasteiger partial charge in [-0.25, -0.2) is 4.98 Å². The first-order valence-electron chi connectivity index (χ1n) is 4.91. The zero-order chi connectivity index (χ0) is 12.3. The smallest absolute Gasteiger partial charge is 0.253 e. The molecule has 0 atom stereocenters. The lowest BCUT2D eigenvalue weighted by molar-refractivity contribution is 0.0950. The van der Waals surface area contributed by atoms with E-state index in [2.05, 4.69) is 15.3 Å². The average molecular weight is 252 g/mol. The van der Waals surface area contributed by atoms with Crippen LogP contribution in [0.4, 0.5) is 0 Å². The highest BCUT2D eigenvalue weighted by Crippen LogP contribution is 2.20. The van der Waals surface area contributed by atoms with E-state index in [0.717, 1.165) is 5.69 Å². The molecule has 0 saturated carbocycles. The lowest BCUT2D eigenvalue weighted by Crippen LogP contribution is -2.23. The van der Waals surface area contributed by atoms with E-state index in [1.54, 1.807) is 6.20 Å². The van der Waals surface area contributed by atoms with E-state index in [-0.39, 0.29) is 17.2 Å². The number of rotatable bonds is 3. The fourth-order valence-electron chi connectivity index (χ4n) is 1.34. The number of aromatic amines is 1. The summed E-state index contributed by atoms with van der Waals surface area (Å²) in [5.74, 6) is -0.346. The van der Waals surface area contributed by atoms with Gasteiger partial charge >= 0.3 is 0 Å². The predicted molar refractivity (Wildman–Crippen MR) is 62.9 cm³/mol. The fraction of sp³-hybridized carbons (Fsp3) is 0.0909. The molecule has 1 heterocycles. The minimum Gasteiger partial charge on any atom is -0.508 e. The van der Waals surface area contributed by atoms with Crippen LogP contribution in [-0.4, -0.2) is 21.0 Å². The van der Waals surface area contributed by atoms with E-state index < -0.39 is 0 Å². The van der Waals surface area contributed by atoms with Crippen LogP contribution in [0.2, 0.25) is 5.02 Å². The molecule has 0 aliphatic carbocycles. The van der Waals surface area contributed by atoms with E-state index in [1.165, 1.54) is 24.5 Å². The van der Waals surface area contributed by atoms with Gasteiger partial charge in [-0.3, -0.25) is 4.79 Å². The zero-order valence-electron chi connectivity index (χ0n) is 8.77. The molecule has 6 heteroatoms. The standard InChI is InChI=1S/C11H10ClN3O2/c12-10-2-1-8(16)3-9(10)11(17)14-5-7-4-13-6-15-7/h1-4,6,16H,5H2,(H,13,15)(H,14,17). The number of nitrogens with zero attached hydrogens (tertiary/aromatic N) is 1. The first kappa shape index (κ1) is 11.5. The summed E-state index contributed by atoms with van der Waals surface area (Å²) in [5, 5.41) is 12.2. The van der Waals surface area contributed by atoms with E-state index in [9.17, 15) is 9.90 Å². The lowest BCUT2D eigenvalue weighted by atomic mass is 10.2. The molecule has 17 heavy (non-hydrogen) atoms. The van der Waals surface area contributed by atoms with Crippen LogP contribution in [0.15, 0.2) is 30.7 Å². The van der Waals surface area contributed by atoms with Crippen molar-refractivity contribution < 1.29 is 9.90 Å². The topological polar surface area (TPSA) is 78.0 Å². The van der Waals surface area contributed by atoms with E-state index in [4.69, 9.17) is 11.6 Å². The molecule has 88 valence electrons. The number of benzene rings is 1. The van der Waals surface area contributed by atoms with Crippen molar-refractivity contribution in [2.75, 3.05) is 0 Å². The van der Waals surface area contributed by atoms with Crippen molar-refractivity contribution >= 4 is 17.5 Å². The summed E-state index contributed by atoms with van der Waals surface area (Å²) < 4.78 is 0. The Bertz CT molecular complexity index is 526. The van der Waals surface area contributed by atoms with Gasteiger partial charge in [0.15, 0.2) is 0 Å². The molecule has 0 spiro atoms. The molecule has 0 saturated heterocycles. The van der Waals surface area contributed by atoms with E-state index in [1.807, 2.05) is 0 Å². The number of hydrogen-bond donors (Lipinski definition) is 3. The molecule has 0 unspecified atom stereocenters. The molecule has 0 aliphatic rings. The molecule has 0 aliphatic heterocycles. The van der Waals surface area contributed by atoms with Gasteiger partial charge in [0, 0.05) is 6.20 Å². The summed E-state index contributed by atoms with van der Waals surface area (Å²) in [4.78, 5) is 18.5. The summed E-state index contributed by atoms with van der Waals surface area (Å²) in [6.45, 7) is 0.324. The molecule has 1 aromatic carbocycles. The third kappa shape index (κ3) is 2.76. The third-order valence-electron chi connectivity index (χ3n) is 2.19. The van der Waals surface area contributed by atoms with Crippen LogP contribution in [-0.2, 0) is 6.54 Å². The van der Waals surface area contributed by atoms with Crippen LogP contribution < -0.4 is 5.32 Å². The fourth-order valence-corrected chi connectivity index (χ4v) is 1.54. The maximum atomic E-state index is 11.8. The number of hydrogen-bond acceptors (Lipinski definition) is 3. The second kappa shape index (κ2) is 4.88. The van der Waals surface area contributed by atoms with E-state index >= 15 is 0 Å². The Hall–Kier alpha value is -2.01. The number of aromatic nitrogens is 2. The van der Waals surface area contributed by atoms with Crippen LogP contribution in [0.1, 0.15) is 16.1 Å². The van der Waals surface area contributed by atoms with Crippen LogP contribution in [0, 0.1) is 0 Å². The molecule has 3 N–H and O–H groups in total. The molecule has 2 rings (SSSR count). The van der Waals surface area contributed by atoms with Gasteiger partial charge < -0.3 is 15.4 Å². The van der Waals surface area contributed by atoms with Gasteiger partial charge in [-0.15, -0.1) is 0 Å². The number of phenolic OH excluding ortho intramolecular Hbond substituents is 1. The molecule has 0 fully saturated rings. The quantitative estimate of drug-likeness (QED) is 0.777. The number of phenols is 1. The first-order valence-corrected chi connectivity index (χ1v) is 5.28. The number of imidazole rings is 1. The Morgan fingerprint density at radius 1 is 1.53 bits per heavy atom. The number of H-pyrrole nitrogens is 1. The second-order valence-electron chi connectivity index (χ2n) is 3.42. The van der Waals surface area contributed by atoms with Crippen LogP contribution in [0.5, 0.6) is 5.75 Å². The maximum absolute atomic E-state index is 11.8. The van der Waals surface area contributed by atoms with Crippen LogP contribution in [0.25, 0.3) is 0 Å². The Balaban J connectivity index is 2.07. The molecule has 5 nitrogen and oxygen atoms in total. The largest absolute Gasteiger partial charge is 0.508 e. The van der Waals surface area contributed by atoms with E-state index in [0.29, 0.717) is 11.6 Å². The highest BCUT2D eigenvalue weighted by molar-refractivity contribution is 6.33. The molecular weight excluding hydrogens is 242 g/mol. The summed E-state index contributed by atoms with van der Waals surface area (Å²) in [6, 6.07) is 4.22. The summed E-state index contributed by atoms with van der Waals surface area (Å²) in [6.07, 6.45) is 3.15. The van der Waals surface area contributed by atoms with Crippen molar-refractivity contribution in [3.8, 4) is 5.75 Å². The van der Waals surface area contributed by atoms with Gasteiger partial charge in [0.2, 0.25) is 0 Å². The summed E-state index contributed by atoms with van der Waals surface area (Å²) in [7, 11) is 0. The molecule has 1 aromatic heterocycles. The van der Waals surface area contributed by atoms with Gasteiger partial charge in [-0.2, -0.15) is 0 Å². The monoisotopic (exact) mass is 251 g/mol. The number of carbonyl (C=O) groups is 1. The Morgan fingerprint density at radius 3 is 3.06 bits per heavy atom. The summed E-state index contributed by atoms with van der Waals surface area (Å²) >= 11 is 5.86. The molecule has 0 bridgehead atoms. The van der Waals surface area contributed by atoms with Gasteiger partial charge in [0.25, 0.3) is 5.91 Å². The predicted octanol–water partition coefficient (Wildman–Crippen LogP) is 1.70. The highest BCUT2D eigenvalue weighted by atomic mass is 35.5. The Morgan fingerprint density at radius 2 is 2.35 bits per heavy atom. The van der Waals surface area contributed by atoms with Crippen LogP contribution >= 0.6 is 11.6 Å². The average Bonchev–Trinajstić information content (AvgIpc) is 2.82. The minimum atomic E-state index is -0.347. The number of halogens is 1. The van der Waals surface area contributed by atoms with Crippen molar-refractivity contribution in [3.05, 3.63) is 47.0 Å². The molecule has 1 amide bonds. The number of nitrogens with one attached hydrogen (secondary N) is 2. The number of aromatic hydroxyl groups is 1. The first-order chi connectivity index (χ1) is 8.16. The molecule has 0 radical (unpaired) electrons. The van der Waals surface area contributed by atoms with Gasteiger partial charge in [0.1, 0.15) is 5.75 Å². The number of amides is 1. The molecule has 2 aromatic rings. The van der Waals surface area contributed by atoms with Gasteiger partial charge in [0.05, 0.1) is 29.2 Å². The molecular formula is C11H10ClN3O2. The summed E-state index contributed by atoms with van der Waals surface area (Å²) in [5.41, 5.74) is 1.03. The van der Waals surface area contributed by atoms with Crippen molar-refractivity contribution in [2.45, 2.75) is 6.54 Å². The van der Waals surface area contributed by atoms with Crippen molar-refractivity contribution in [2.24, 2.45) is 0 Å². The highest BCUT2D eigenvalue weighted by Gasteiger charge is 2.10. The third-order valence-corrected chi connectivity index (χ3v) is 2.52. The normalized spacial score (nSPS) is 10.2. The Kier molecular flexibility index (Phi) is 3.30. The lowest BCUT2D eigenvalue weighted by Gasteiger charge is -2.05. The van der Waals surface area contributed by atoms with Crippen molar-refractivity contribution in [1.82, 2.24) is 15.3 Å². The minimum absolute atomic E-state index is 0.00101. The zero-order valence-corrected chi connectivity index (χ0v) is 9.53. The van der Waals surface area contributed by atoms with Gasteiger partial charge in [-0.1, -0.05) is 11.6 Å². The van der Waals surface area contributed by atoms with Crippen molar-refractivity contribution in [3.63, 3.8) is 0 Å². The number of carbonyl (C=O) groups excluding carboxylic acids is 1. The maximum Gasteiger partial charge on any atom is 0.253 e.